The van der Waals surface area contributed by atoms with Crippen molar-refractivity contribution in [2.45, 2.75) is 24.9 Å². The first-order valence-corrected chi connectivity index (χ1v) is 17.7. The molecule has 0 saturated carbocycles. The molecule has 2 heteroatoms. The van der Waals surface area contributed by atoms with Crippen LogP contribution in [0.15, 0.2) is 140 Å². The Hall–Kier alpha value is -4.66. The van der Waals surface area contributed by atoms with E-state index in [1.165, 1.54) is 85.4 Å². The Morgan fingerprint density at radius 2 is 0.976 bits per heavy atom. The first kappa shape index (κ1) is 24.0. The molecule has 0 bridgehead atoms. The number of nitrogens with zero attached hydrogens (tertiary/aromatic N) is 1. The highest BCUT2D eigenvalue weighted by Crippen LogP contribution is 2.48. The highest BCUT2D eigenvalue weighted by Gasteiger charge is 2.47. The van der Waals surface area contributed by atoms with Crippen LogP contribution in [0.25, 0.3) is 43.4 Å². The Kier molecular flexibility index (Phi) is 5.24. The highest BCUT2D eigenvalue weighted by molar-refractivity contribution is 7.05. The summed E-state index contributed by atoms with van der Waals surface area (Å²) < 4.78 is 0. The van der Waals surface area contributed by atoms with Crippen molar-refractivity contribution in [1.82, 2.24) is 0 Å². The fraction of sp³-hybridized carbons (Fsp3) is 0.100. The third-order valence-electron chi connectivity index (χ3n) is 9.94. The molecule has 7 aromatic rings. The van der Waals surface area contributed by atoms with Gasteiger partial charge in [0, 0.05) is 16.8 Å². The summed E-state index contributed by atoms with van der Waals surface area (Å²) in [5.41, 5.74) is 6.59. The van der Waals surface area contributed by atoms with Gasteiger partial charge < -0.3 is 4.90 Å². The van der Waals surface area contributed by atoms with E-state index in [1.54, 1.807) is 10.4 Å². The molecule has 1 spiro atoms. The number of hydrogen-bond acceptors (Lipinski definition) is 1. The zero-order valence-electron chi connectivity index (χ0n) is 23.6. The molecule has 0 aliphatic carbocycles. The molecule has 1 fully saturated rings. The maximum atomic E-state index is 2.60. The lowest BCUT2D eigenvalue weighted by Gasteiger charge is -2.43. The number of para-hydroxylation sites is 2. The SMILES string of the molecule is c1ccc(-c2cc3cc(N4c5ccccc5[Si]5(CCCC5)c5ccccc54)c4ccccc4c3c3ccccc23)cc1. The summed E-state index contributed by atoms with van der Waals surface area (Å²) in [6, 6.07) is 55.2. The average Bonchev–Trinajstić information content (AvgIpc) is 3.55. The fourth-order valence-corrected chi connectivity index (χ4v) is 13.7. The summed E-state index contributed by atoms with van der Waals surface area (Å²) in [7, 11) is -1.79. The van der Waals surface area contributed by atoms with Gasteiger partial charge in [0.15, 0.2) is 0 Å². The van der Waals surface area contributed by atoms with E-state index in [-0.39, 0.29) is 0 Å². The second-order valence-corrected chi connectivity index (χ2v) is 16.3. The van der Waals surface area contributed by atoms with Crippen LogP contribution in [0.3, 0.4) is 0 Å². The summed E-state index contributed by atoms with van der Waals surface area (Å²) in [5.74, 6) is 0. The lowest BCUT2D eigenvalue weighted by atomic mass is 9.90. The topological polar surface area (TPSA) is 3.24 Å². The van der Waals surface area contributed by atoms with Crippen LogP contribution in [0.1, 0.15) is 12.8 Å². The molecule has 0 atom stereocenters. The van der Waals surface area contributed by atoms with Crippen LogP contribution in [0, 0.1) is 0 Å². The molecule has 200 valence electrons. The lowest BCUT2D eigenvalue weighted by Crippen LogP contribution is -2.60. The Morgan fingerprint density at radius 1 is 0.452 bits per heavy atom. The monoisotopic (exact) mass is 553 g/mol. The molecule has 42 heavy (non-hydrogen) atoms. The molecule has 7 aromatic carbocycles. The summed E-state index contributed by atoms with van der Waals surface area (Å²) in [6.45, 7) is 0. The van der Waals surface area contributed by atoms with Gasteiger partial charge in [0.1, 0.15) is 8.07 Å². The molecular weight excluding hydrogens is 523 g/mol. The second kappa shape index (κ2) is 9.17. The molecule has 2 aliphatic heterocycles. The van der Waals surface area contributed by atoms with Crippen LogP contribution >= 0.6 is 0 Å². The van der Waals surface area contributed by atoms with E-state index in [4.69, 9.17) is 0 Å². The van der Waals surface area contributed by atoms with E-state index in [0.29, 0.717) is 0 Å². The van der Waals surface area contributed by atoms with Crippen molar-refractivity contribution in [2.24, 2.45) is 0 Å². The molecule has 0 N–H and O–H groups in total. The predicted molar refractivity (Wildman–Crippen MR) is 183 cm³/mol. The molecule has 2 heterocycles. The van der Waals surface area contributed by atoms with Crippen LogP contribution < -0.4 is 15.3 Å². The van der Waals surface area contributed by atoms with Gasteiger partial charge in [-0.05, 0) is 84.8 Å². The third-order valence-corrected chi connectivity index (χ3v) is 15.3. The summed E-state index contributed by atoms with van der Waals surface area (Å²) in [6.07, 6.45) is 2.70. The predicted octanol–water partition coefficient (Wildman–Crippen LogP) is 9.95. The van der Waals surface area contributed by atoms with Gasteiger partial charge in [-0.3, -0.25) is 0 Å². The maximum Gasteiger partial charge on any atom is 0.123 e. The first-order chi connectivity index (χ1) is 20.8. The molecule has 9 rings (SSSR count). The average molecular weight is 554 g/mol. The van der Waals surface area contributed by atoms with Gasteiger partial charge in [-0.2, -0.15) is 0 Å². The number of rotatable bonds is 2. The van der Waals surface area contributed by atoms with Gasteiger partial charge in [0.05, 0.1) is 5.69 Å². The van der Waals surface area contributed by atoms with Crippen LogP contribution in [-0.4, -0.2) is 8.07 Å². The quantitative estimate of drug-likeness (QED) is 0.152. The molecular formula is C40H31NSi. The van der Waals surface area contributed by atoms with E-state index >= 15 is 0 Å². The van der Waals surface area contributed by atoms with Crippen molar-refractivity contribution in [2.75, 3.05) is 4.90 Å². The summed E-state index contributed by atoms with van der Waals surface area (Å²) in [4.78, 5) is 2.60. The lowest BCUT2D eigenvalue weighted by molar-refractivity contribution is 0.935. The van der Waals surface area contributed by atoms with Gasteiger partial charge in [-0.25, -0.2) is 0 Å². The van der Waals surface area contributed by atoms with Gasteiger partial charge in [-0.15, -0.1) is 0 Å². The van der Waals surface area contributed by atoms with Crippen molar-refractivity contribution in [3.8, 4) is 11.1 Å². The van der Waals surface area contributed by atoms with E-state index < -0.39 is 8.07 Å². The van der Waals surface area contributed by atoms with E-state index in [0.717, 1.165) is 0 Å². The number of anilines is 3. The Labute approximate surface area is 247 Å². The van der Waals surface area contributed by atoms with Crippen LogP contribution in [-0.2, 0) is 0 Å². The van der Waals surface area contributed by atoms with Gasteiger partial charge in [0.2, 0.25) is 0 Å². The largest absolute Gasteiger partial charge is 0.310 e. The zero-order chi connectivity index (χ0) is 27.7. The minimum absolute atomic E-state index is 1.26. The normalized spacial score (nSPS) is 15.4. The van der Waals surface area contributed by atoms with Gasteiger partial charge in [0.25, 0.3) is 0 Å². The molecule has 0 amide bonds. The molecule has 0 unspecified atom stereocenters. The minimum Gasteiger partial charge on any atom is -0.310 e. The van der Waals surface area contributed by atoms with Crippen LogP contribution in [0.2, 0.25) is 12.1 Å². The van der Waals surface area contributed by atoms with Gasteiger partial charge >= 0.3 is 0 Å². The minimum atomic E-state index is -1.79. The summed E-state index contributed by atoms with van der Waals surface area (Å²) in [5, 5.41) is 11.1. The van der Waals surface area contributed by atoms with Crippen molar-refractivity contribution >= 4 is 67.8 Å². The first-order valence-electron chi connectivity index (χ1n) is 15.3. The summed E-state index contributed by atoms with van der Waals surface area (Å²) >= 11 is 0. The van der Waals surface area contributed by atoms with Crippen molar-refractivity contribution < 1.29 is 0 Å². The Bertz CT molecular complexity index is 2110. The fourth-order valence-electron chi connectivity index (χ4n) is 8.20. The number of hydrogen-bond donors (Lipinski definition) is 0. The van der Waals surface area contributed by atoms with Crippen molar-refractivity contribution in [3.63, 3.8) is 0 Å². The number of benzene rings is 7. The van der Waals surface area contributed by atoms with E-state index in [9.17, 15) is 0 Å². The molecule has 0 radical (unpaired) electrons. The second-order valence-electron chi connectivity index (χ2n) is 12.0. The van der Waals surface area contributed by atoms with Gasteiger partial charge in [-0.1, -0.05) is 128 Å². The highest BCUT2D eigenvalue weighted by atomic mass is 28.3. The standard InChI is InChI=1S/C40H31NSi/c1-2-14-28(15-3-1)34-26-29-27-37(31-17-5-7-19-33(31)40(29)32-18-6-4-16-30(32)34)41-35-20-8-10-22-38(35)42(24-12-13-25-42)39-23-11-9-21-36(39)41/h1-11,14-23,26-27H,12-13,24-25H2. The maximum absolute atomic E-state index is 2.60. The van der Waals surface area contributed by atoms with Crippen molar-refractivity contribution in [3.05, 3.63) is 140 Å². The Balaban J connectivity index is 1.41. The zero-order valence-corrected chi connectivity index (χ0v) is 24.6. The smallest absolute Gasteiger partial charge is 0.123 e. The molecule has 1 nitrogen and oxygen atoms in total. The van der Waals surface area contributed by atoms with Crippen LogP contribution in [0.5, 0.6) is 0 Å². The van der Waals surface area contributed by atoms with E-state index in [1.807, 2.05) is 0 Å². The van der Waals surface area contributed by atoms with Crippen molar-refractivity contribution in [1.29, 1.82) is 0 Å². The number of fused-ring (bicyclic) bond motifs is 9. The third kappa shape index (κ3) is 3.30. The van der Waals surface area contributed by atoms with Crippen LogP contribution in [0.4, 0.5) is 17.1 Å². The molecule has 1 saturated heterocycles. The molecule has 0 aromatic heterocycles. The van der Waals surface area contributed by atoms with E-state index in [2.05, 4.69) is 144 Å². The molecule has 2 aliphatic rings. The Morgan fingerprint density at radius 3 is 1.64 bits per heavy atom.